The molecular weight excluding hydrogens is 216 g/mol. The maximum Gasteiger partial charge on any atom is -0.0334 e. The lowest BCUT2D eigenvalue weighted by Gasteiger charge is -2.50. The van der Waals surface area contributed by atoms with Crippen molar-refractivity contribution in [2.75, 3.05) is 0 Å². The summed E-state index contributed by atoms with van der Waals surface area (Å²) in [6, 6.07) is 0. The van der Waals surface area contributed by atoms with Crippen LogP contribution in [0.25, 0.3) is 0 Å². The molecule has 18 heavy (non-hydrogen) atoms. The average Bonchev–Trinajstić information content (AvgIpc) is 2.27. The van der Waals surface area contributed by atoms with Gasteiger partial charge in [-0.2, -0.15) is 0 Å². The quantitative estimate of drug-likeness (QED) is 0.596. The van der Waals surface area contributed by atoms with E-state index in [0.717, 1.165) is 47.3 Å². The molecule has 0 spiro atoms. The van der Waals surface area contributed by atoms with E-state index in [1.54, 1.807) is 0 Å². The molecule has 0 amide bonds. The van der Waals surface area contributed by atoms with Gasteiger partial charge in [0.1, 0.15) is 0 Å². The van der Waals surface area contributed by atoms with Crippen molar-refractivity contribution >= 4 is 0 Å². The summed E-state index contributed by atoms with van der Waals surface area (Å²) in [6.07, 6.45) is 6.05. The van der Waals surface area contributed by atoms with Gasteiger partial charge in [0, 0.05) is 0 Å². The van der Waals surface area contributed by atoms with E-state index < -0.39 is 0 Å². The summed E-state index contributed by atoms with van der Waals surface area (Å²) in [5.74, 6) is 7.80. The molecule has 0 radical (unpaired) electrons. The highest BCUT2D eigenvalue weighted by atomic mass is 14.5. The number of hydrogen-bond donors (Lipinski definition) is 0. The Morgan fingerprint density at radius 2 is 1.06 bits per heavy atom. The minimum atomic E-state index is 0.892. The number of hydrogen-bond acceptors (Lipinski definition) is 0. The molecule has 0 aliphatic heterocycles. The number of rotatable bonds is 2. The molecule has 4 unspecified atom stereocenters. The van der Waals surface area contributed by atoms with Gasteiger partial charge in [0.15, 0.2) is 0 Å². The molecule has 0 heterocycles. The van der Waals surface area contributed by atoms with Crippen molar-refractivity contribution in [3.05, 3.63) is 0 Å². The monoisotopic (exact) mass is 250 g/mol. The van der Waals surface area contributed by atoms with Crippen molar-refractivity contribution in [1.82, 2.24) is 0 Å². The van der Waals surface area contributed by atoms with Gasteiger partial charge >= 0.3 is 0 Å². The van der Waals surface area contributed by atoms with Crippen LogP contribution in [0.2, 0.25) is 0 Å². The largest absolute Gasteiger partial charge is 0.0625 e. The second-order valence-corrected chi connectivity index (χ2v) is 8.24. The van der Waals surface area contributed by atoms with Gasteiger partial charge in [-0.3, -0.25) is 0 Å². The van der Waals surface area contributed by atoms with Crippen LogP contribution in [-0.2, 0) is 0 Å². The standard InChI is InChI=1S/C18H34/c1-11(2)15-7-13(5)18-14(6)8-16(12(3)4)10-17(18)9-15/h11-18H,7-10H2,1-6H3. The molecule has 2 fully saturated rings. The molecule has 0 aromatic carbocycles. The van der Waals surface area contributed by atoms with Crippen LogP contribution in [0, 0.1) is 47.3 Å². The first-order valence-electron chi connectivity index (χ1n) is 8.40. The summed E-state index contributed by atoms with van der Waals surface area (Å²) < 4.78 is 0. The summed E-state index contributed by atoms with van der Waals surface area (Å²) in [5, 5.41) is 0. The third-order valence-electron chi connectivity index (χ3n) is 6.30. The Balaban J connectivity index is 2.09. The smallest absolute Gasteiger partial charge is 0.0334 e. The summed E-state index contributed by atoms with van der Waals surface area (Å²) in [4.78, 5) is 0. The van der Waals surface area contributed by atoms with E-state index in [0.29, 0.717) is 0 Å². The molecule has 0 saturated heterocycles. The first kappa shape index (κ1) is 14.4. The highest BCUT2D eigenvalue weighted by molar-refractivity contribution is 4.93. The Labute approximate surface area is 115 Å². The highest BCUT2D eigenvalue weighted by Gasteiger charge is 2.43. The minimum Gasteiger partial charge on any atom is -0.0625 e. The van der Waals surface area contributed by atoms with E-state index in [1.807, 2.05) is 0 Å². The zero-order valence-corrected chi connectivity index (χ0v) is 13.4. The summed E-state index contributed by atoms with van der Waals surface area (Å²) >= 11 is 0. The van der Waals surface area contributed by atoms with Crippen LogP contribution in [0.4, 0.5) is 0 Å². The highest BCUT2D eigenvalue weighted by Crippen LogP contribution is 2.52. The van der Waals surface area contributed by atoms with Crippen LogP contribution in [0.3, 0.4) is 0 Å². The predicted octanol–water partition coefficient (Wildman–Crippen LogP) is 5.62. The van der Waals surface area contributed by atoms with E-state index in [9.17, 15) is 0 Å². The van der Waals surface area contributed by atoms with Crippen LogP contribution in [0.5, 0.6) is 0 Å². The second kappa shape index (κ2) is 5.55. The van der Waals surface area contributed by atoms with Gasteiger partial charge in [0.05, 0.1) is 0 Å². The molecule has 4 atom stereocenters. The van der Waals surface area contributed by atoms with Crippen molar-refractivity contribution in [2.24, 2.45) is 47.3 Å². The topological polar surface area (TPSA) is 0 Å². The van der Waals surface area contributed by atoms with Crippen molar-refractivity contribution < 1.29 is 0 Å². The maximum atomic E-state index is 2.54. The van der Waals surface area contributed by atoms with Crippen molar-refractivity contribution in [1.29, 1.82) is 0 Å². The Morgan fingerprint density at radius 3 is 1.39 bits per heavy atom. The van der Waals surface area contributed by atoms with Crippen molar-refractivity contribution in [3.8, 4) is 0 Å². The second-order valence-electron chi connectivity index (χ2n) is 8.24. The molecule has 2 rings (SSSR count). The third-order valence-corrected chi connectivity index (χ3v) is 6.30. The molecular formula is C18H34. The van der Waals surface area contributed by atoms with Crippen LogP contribution in [0.15, 0.2) is 0 Å². The van der Waals surface area contributed by atoms with E-state index >= 15 is 0 Å². The van der Waals surface area contributed by atoms with Gasteiger partial charge in [-0.25, -0.2) is 0 Å². The van der Waals surface area contributed by atoms with Gasteiger partial charge in [0.2, 0.25) is 0 Å². The minimum absolute atomic E-state index is 0.892. The molecule has 0 heteroatoms. The third kappa shape index (κ3) is 2.78. The molecule has 0 N–H and O–H groups in total. The van der Waals surface area contributed by atoms with E-state index in [-0.39, 0.29) is 0 Å². The summed E-state index contributed by atoms with van der Waals surface area (Å²) in [5.41, 5.74) is 0. The van der Waals surface area contributed by atoms with E-state index in [2.05, 4.69) is 41.5 Å². The fraction of sp³-hybridized carbons (Fsp3) is 1.00. The van der Waals surface area contributed by atoms with Crippen LogP contribution in [-0.4, -0.2) is 0 Å². The van der Waals surface area contributed by atoms with Gasteiger partial charge < -0.3 is 0 Å². The molecule has 2 aliphatic carbocycles. The molecule has 0 aromatic heterocycles. The van der Waals surface area contributed by atoms with Crippen molar-refractivity contribution in [2.45, 2.75) is 67.2 Å². The van der Waals surface area contributed by atoms with Gasteiger partial charge in [-0.15, -0.1) is 0 Å². The Hall–Kier alpha value is 0. The normalized spacial score (nSPS) is 45.3. The van der Waals surface area contributed by atoms with Crippen LogP contribution >= 0.6 is 0 Å². The van der Waals surface area contributed by atoms with Gasteiger partial charge in [-0.05, 0) is 73.0 Å². The number of fused-ring (bicyclic) bond motifs is 1. The Kier molecular flexibility index (Phi) is 4.44. The summed E-state index contributed by atoms with van der Waals surface area (Å²) in [7, 11) is 0. The lowest BCUT2D eigenvalue weighted by molar-refractivity contribution is -0.00843. The van der Waals surface area contributed by atoms with Gasteiger partial charge in [0.25, 0.3) is 0 Å². The lowest BCUT2D eigenvalue weighted by atomic mass is 9.55. The zero-order chi connectivity index (χ0) is 13.4. The molecule has 0 nitrogen and oxygen atoms in total. The molecule has 106 valence electrons. The van der Waals surface area contributed by atoms with E-state index in [1.165, 1.54) is 25.7 Å². The molecule has 2 saturated carbocycles. The van der Waals surface area contributed by atoms with Crippen LogP contribution < -0.4 is 0 Å². The SMILES string of the molecule is CC(C)C1CC(C)C2C(C)CC(C(C)C)CC2C1. The fourth-order valence-corrected chi connectivity index (χ4v) is 5.23. The fourth-order valence-electron chi connectivity index (χ4n) is 5.23. The van der Waals surface area contributed by atoms with Crippen molar-refractivity contribution in [3.63, 3.8) is 0 Å². The average molecular weight is 250 g/mol. The lowest BCUT2D eigenvalue weighted by Crippen LogP contribution is -2.42. The Morgan fingerprint density at radius 1 is 0.667 bits per heavy atom. The molecule has 2 aliphatic rings. The first-order chi connectivity index (χ1) is 8.40. The Bertz CT molecular complexity index is 239. The maximum absolute atomic E-state index is 2.54. The van der Waals surface area contributed by atoms with E-state index in [4.69, 9.17) is 0 Å². The first-order valence-corrected chi connectivity index (χ1v) is 8.40. The summed E-state index contributed by atoms with van der Waals surface area (Å²) in [6.45, 7) is 14.8. The van der Waals surface area contributed by atoms with Gasteiger partial charge in [-0.1, -0.05) is 41.5 Å². The molecule has 0 aromatic rings. The van der Waals surface area contributed by atoms with Crippen LogP contribution in [0.1, 0.15) is 67.2 Å². The molecule has 0 bridgehead atoms. The predicted molar refractivity (Wildman–Crippen MR) is 80.4 cm³/mol. The zero-order valence-electron chi connectivity index (χ0n) is 13.4.